The van der Waals surface area contributed by atoms with Gasteiger partial charge < -0.3 is 14.8 Å². The van der Waals surface area contributed by atoms with E-state index in [9.17, 15) is 0 Å². The highest BCUT2D eigenvalue weighted by Crippen LogP contribution is 2.40. The molecule has 0 bridgehead atoms. The second-order valence-corrected chi connectivity index (χ2v) is 5.53. The summed E-state index contributed by atoms with van der Waals surface area (Å²) in [5, 5.41) is 4.16. The number of ether oxygens (including phenoxy) is 2. The van der Waals surface area contributed by atoms with E-state index >= 15 is 0 Å². The molecule has 1 atom stereocenters. The Morgan fingerprint density at radius 3 is 2.57 bits per heavy atom. The van der Waals surface area contributed by atoms with Crippen LogP contribution in [0.4, 0.5) is 5.69 Å². The maximum atomic E-state index is 6.34. The van der Waals surface area contributed by atoms with Crippen molar-refractivity contribution in [3.05, 3.63) is 52.5 Å². The first kappa shape index (κ1) is 14.1. The maximum absolute atomic E-state index is 6.34. The quantitative estimate of drug-likeness (QED) is 0.905. The smallest absolute Gasteiger partial charge is 0.162 e. The molecule has 3 nitrogen and oxygen atoms in total. The van der Waals surface area contributed by atoms with Gasteiger partial charge in [-0.3, -0.25) is 0 Å². The first-order chi connectivity index (χ1) is 10.2. The fourth-order valence-corrected chi connectivity index (χ4v) is 3.07. The number of fused-ring (bicyclic) bond motifs is 1. The largest absolute Gasteiger partial charge is 0.493 e. The molecule has 1 aliphatic carbocycles. The summed E-state index contributed by atoms with van der Waals surface area (Å²) in [6, 6.07) is 12.5. The molecule has 2 aromatic carbocycles. The van der Waals surface area contributed by atoms with Crippen molar-refractivity contribution in [1.29, 1.82) is 0 Å². The van der Waals surface area contributed by atoms with Crippen LogP contribution in [0.2, 0.25) is 5.02 Å². The molecule has 0 heterocycles. The van der Waals surface area contributed by atoms with Gasteiger partial charge in [-0.2, -0.15) is 0 Å². The molecule has 2 aromatic rings. The van der Waals surface area contributed by atoms with Crippen LogP contribution in [0.15, 0.2) is 36.4 Å². The van der Waals surface area contributed by atoms with Gasteiger partial charge in [0.05, 0.1) is 31.0 Å². The van der Waals surface area contributed by atoms with Gasteiger partial charge in [-0.1, -0.05) is 35.9 Å². The first-order valence-electron chi connectivity index (χ1n) is 6.98. The number of hydrogen-bond donors (Lipinski definition) is 1. The lowest BCUT2D eigenvalue weighted by Crippen LogP contribution is -2.07. The van der Waals surface area contributed by atoms with Crippen LogP contribution in [-0.4, -0.2) is 14.2 Å². The highest BCUT2D eigenvalue weighted by atomic mass is 35.5. The van der Waals surface area contributed by atoms with Gasteiger partial charge in [-0.05, 0) is 24.0 Å². The van der Waals surface area contributed by atoms with Crippen molar-refractivity contribution < 1.29 is 9.47 Å². The van der Waals surface area contributed by atoms with Gasteiger partial charge in [0.15, 0.2) is 11.5 Å². The molecule has 4 heteroatoms. The second kappa shape index (κ2) is 5.86. The minimum Gasteiger partial charge on any atom is -0.493 e. The monoisotopic (exact) mass is 303 g/mol. The van der Waals surface area contributed by atoms with Crippen molar-refractivity contribution in [3.63, 3.8) is 0 Å². The van der Waals surface area contributed by atoms with Gasteiger partial charge in [0.1, 0.15) is 0 Å². The molecule has 21 heavy (non-hydrogen) atoms. The van der Waals surface area contributed by atoms with E-state index < -0.39 is 0 Å². The Hall–Kier alpha value is -1.87. The number of methoxy groups -OCH3 is 2. The minimum atomic E-state index is 0.289. The third-order valence-corrected chi connectivity index (χ3v) is 4.25. The van der Waals surface area contributed by atoms with Gasteiger partial charge in [-0.25, -0.2) is 0 Å². The van der Waals surface area contributed by atoms with Crippen molar-refractivity contribution in [2.45, 2.75) is 18.9 Å². The van der Waals surface area contributed by atoms with Crippen LogP contribution in [0.1, 0.15) is 23.6 Å². The van der Waals surface area contributed by atoms with Gasteiger partial charge in [0.25, 0.3) is 0 Å². The Bertz CT molecular complexity index is 657. The number of halogens is 1. The van der Waals surface area contributed by atoms with Crippen LogP contribution >= 0.6 is 11.6 Å². The van der Waals surface area contributed by atoms with E-state index in [0.717, 1.165) is 18.5 Å². The Morgan fingerprint density at radius 1 is 1.10 bits per heavy atom. The van der Waals surface area contributed by atoms with Gasteiger partial charge in [0.2, 0.25) is 0 Å². The molecule has 110 valence electrons. The zero-order chi connectivity index (χ0) is 14.8. The summed E-state index contributed by atoms with van der Waals surface area (Å²) in [4.78, 5) is 0. The summed E-state index contributed by atoms with van der Waals surface area (Å²) in [7, 11) is 3.23. The molecule has 1 N–H and O–H groups in total. The van der Waals surface area contributed by atoms with Crippen molar-refractivity contribution in [1.82, 2.24) is 0 Å². The molecule has 0 aliphatic heterocycles. The van der Waals surface area contributed by atoms with Crippen LogP contribution in [-0.2, 0) is 6.42 Å². The van der Waals surface area contributed by atoms with E-state index in [-0.39, 0.29) is 6.04 Å². The molecule has 0 amide bonds. The number of rotatable bonds is 4. The topological polar surface area (TPSA) is 30.5 Å². The van der Waals surface area contributed by atoms with Crippen LogP contribution in [0.25, 0.3) is 0 Å². The van der Waals surface area contributed by atoms with Crippen molar-refractivity contribution in [2.24, 2.45) is 0 Å². The number of aryl methyl sites for hydroxylation is 1. The molecular formula is C17H18ClNO2. The molecule has 1 aliphatic rings. The SMILES string of the molecule is COc1cc(Cl)c(NC2CCc3ccccc32)cc1OC. The average molecular weight is 304 g/mol. The summed E-state index contributed by atoms with van der Waals surface area (Å²) < 4.78 is 10.6. The summed E-state index contributed by atoms with van der Waals surface area (Å²) in [6.07, 6.45) is 2.17. The zero-order valence-corrected chi connectivity index (χ0v) is 12.9. The fraction of sp³-hybridized carbons (Fsp3) is 0.294. The number of benzene rings is 2. The second-order valence-electron chi connectivity index (χ2n) is 5.12. The van der Waals surface area contributed by atoms with Crippen molar-refractivity contribution in [2.75, 3.05) is 19.5 Å². The highest BCUT2D eigenvalue weighted by Gasteiger charge is 2.23. The van der Waals surface area contributed by atoms with Crippen LogP contribution in [0, 0.1) is 0 Å². The lowest BCUT2D eigenvalue weighted by Gasteiger charge is -2.18. The molecule has 0 aromatic heterocycles. The maximum Gasteiger partial charge on any atom is 0.162 e. The third-order valence-electron chi connectivity index (χ3n) is 3.94. The van der Waals surface area contributed by atoms with E-state index in [4.69, 9.17) is 21.1 Å². The van der Waals surface area contributed by atoms with E-state index in [1.807, 2.05) is 6.07 Å². The molecule has 0 spiro atoms. The third kappa shape index (κ3) is 2.66. The van der Waals surface area contributed by atoms with Gasteiger partial charge in [-0.15, -0.1) is 0 Å². The molecule has 0 saturated heterocycles. The van der Waals surface area contributed by atoms with E-state index in [0.29, 0.717) is 16.5 Å². The first-order valence-corrected chi connectivity index (χ1v) is 7.36. The molecule has 0 fully saturated rings. The normalized spacial score (nSPS) is 16.4. The summed E-state index contributed by atoms with van der Waals surface area (Å²) in [6.45, 7) is 0. The average Bonchev–Trinajstić information content (AvgIpc) is 2.92. The Morgan fingerprint density at radius 2 is 1.81 bits per heavy atom. The molecule has 0 saturated carbocycles. The molecule has 3 rings (SSSR count). The number of anilines is 1. The van der Waals surface area contributed by atoms with Gasteiger partial charge >= 0.3 is 0 Å². The van der Waals surface area contributed by atoms with Crippen molar-refractivity contribution in [3.8, 4) is 11.5 Å². The van der Waals surface area contributed by atoms with E-state index in [1.165, 1.54) is 11.1 Å². The lowest BCUT2D eigenvalue weighted by molar-refractivity contribution is 0.355. The van der Waals surface area contributed by atoms with E-state index in [1.54, 1.807) is 20.3 Å². The molecular weight excluding hydrogens is 286 g/mol. The molecule has 1 unspecified atom stereocenters. The Kier molecular flexibility index (Phi) is 3.93. The van der Waals surface area contributed by atoms with Crippen LogP contribution in [0.3, 0.4) is 0 Å². The summed E-state index contributed by atoms with van der Waals surface area (Å²) in [5.41, 5.74) is 3.63. The minimum absolute atomic E-state index is 0.289. The number of nitrogens with one attached hydrogen (secondary N) is 1. The zero-order valence-electron chi connectivity index (χ0n) is 12.2. The standard InChI is InChI=1S/C17H18ClNO2/c1-20-16-9-13(18)15(10-17(16)21-2)19-14-8-7-11-5-3-4-6-12(11)14/h3-6,9-10,14,19H,7-8H2,1-2H3. The Balaban J connectivity index is 1.89. The van der Waals surface area contributed by atoms with Crippen LogP contribution < -0.4 is 14.8 Å². The van der Waals surface area contributed by atoms with Crippen molar-refractivity contribution >= 4 is 17.3 Å². The predicted octanol–water partition coefficient (Wildman–Crippen LogP) is 4.46. The van der Waals surface area contributed by atoms with Crippen LogP contribution in [0.5, 0.6) is 11.5 Å². The highest BCUT2D eigenvalue weighted by molar-refractivity contribution is 6.33. The Labute approximate surface area is 129 Å². The fourth-order valence-electron chi connectivity index (χ4n) is 2.86. The molecule has 0 radical (unpaired) electrons. The van der Waals surface area contributed by atoms with E-state index in [2.05, 4.69) is 29.6 Å². The predicted molar refractivity (Wildman–Crippen MR) is 85.7 cm³/mol. The lowest BCUT2D eigenvalue weighted by atomic mass is 10.1. The summed E-state index contributed by atoms with van der Waals surface area (Å²) >= 11 is 6.34. The number of hydrogen-bond acceptors (Lipinski definition) is 3. The van der Waals surface area contributed by atoms with Gasteiger partial charge in [0, 0.05) is 12.1 Å². The summed E-state index contributed by atoms with van der Waals surface area (Å²) in [5.74, 6) is 1.32.